The van der Waals surface area contributed by atoms with Gasteiger partial charge in [0.2, 0.25) is 0 Å². The van der Waals surface area contributed by atoms with E-state index in [1.807, 2.05) is 41.8 Å². The molecule has 0 spiro atoms. The molecule has 1 atom stereocenters. The lowest BCUT2D eigenvalue weighted by Crippen LogP contribution is -2.46. The highest BCUT2D eigenvalue weighted by Crippen LogP contribution is 2.38. The zero-order valence-corrected chi connectivity index (χ0v) is 27.1. The number of benzene rings is 2. The Kier molecular flexibility index (Phi) is 12.2. The Morgan fingerprint density at radius 3 is 2.42 bits per heavy atom. The van der Waals surface area contributed by atoms with Crippen LogP contribution in [0.25, 0.3) is 22.5 Å². The number of nitrogens with one attached hydrogen (secondary N) is 1. The van der Waals surface area contributed by atoms with Crippen LogP contribution in [-0.2, 0) is 4.79 Å². The fourth-order valence-electron chi connectivity index (χ4n) is 4.34. The number of carbonyl (C=O) groups is 2. The highest BCUT2D eigenvalue weighted by molar-refractivity contribution is 6.33. The molecule has 11 heteroatoms. The van der Waals surface area contributed by atoms with E-state index < -0.39 is 23.3 Å². The van der Waals surface area contributed by atoms with Crippen LogP contribution in [0.15, 0.2) is 42.6 Å². The van der Waals surface area contributed by atoms with E-state index in [0.29, 0.717) is 63.7 Å². The molecule has 0 radical (unpaired) electrons. The number of rotatable bonds is 15. The maximum Gasteiger partial charge on any atom is 0.305 e. The lowest BCUT2D eigenvalue weighted by Gasteiger charge is -2.33. The smallest absolute Gasteiger partial charge is 0.305 e. The van der Waals surface area contributed by atoms with E-state index in [9.17, 15) is 14.7 Å². The van der Waals surface area contributed by atoms with Crippen LogP contribution in [0.2, 0.25) is 10.0 Å². The normalized spacial score (nSPS) is 12.2. The molecule has 0 aliphatic carbocycles. The second-order valence-electron chi connectivity index (χ2n) is 11.1. The second-order valence-corrected chi connectivity index (χ2v) is 12.0. The standard InChI is InChI=1S/C32H40Cl2N4O5/c1-7-32(3,4)27(18-28(39)40)37-31(41)25-19-35-30(22-17-21(42-8-2)11-13-23(22)33)29(36-25)20-10-12-24(34)26(16-20)43-15-9-14-38(5)6/h10-13,16-17,19,27H,7-9,14-15,18H2,1-6H3,(H,37,41)(H,39,40)/t27-/m0/s1. The van der Waals surface area contributed by atoms with Crippen LogP contribution in [0.1, 0.15) is 57.4 Å². The highest BCUT2D eigenvalue weighted by atomic mass is 35.5. The van der Waals surface area contributed by atoms with E-state index in [1.54, 1.807) is 36.4 Å². The van der Waals surface area contributed by atoms with Crippen molar-refractivity contribution in [3.05, 3.63) is 58.3 Å². The van der Waals surface area contributed by atoms with Gasteiger partial charge in [-0.3, -0.25) is 14.6 Å². The fraction of sp³-hybridized carbons (Fsp3) is 0.438. The van der Waals surface area contributed by atoms with Crippen LogP contribution in [0.5, 0.6) is 11.5 Å². The van der Waals surface area contributed by atoms with E-state index >= 15 is 0 Å². The Morgan fingerprint density at radius 2 is 1.77 bits per heavy atom. The molecule has 0 unspecified atom stereocenters. The summed E-state index contributed by atoms with van der Waals surface area (Å²) < 4.78 is 11.7. The topological polar surface area (TPSA) is 114 Å². The number of hydrogen-bond donors (Lipinski definition) is 2. The van der Waals surface area contributed by atoms with Crippen LogP contribution >= 0.6 is 23.2 Å². The van der Waals surface area contributed by atoms with E-state index in [-0.39, 0.29) is 12.1 Å². The molecule has 0 aliphatic rings. The molecule has 43 heavy (non-hydrogen) atoms. The molecule has 1 heterocycles. The summed E-state index contributed by atoms with van der Waals surface area (Å²) in [6.45, 7) is 9.46. The lowest BCUT2D eigenvalue weighted by molar-refractivity contribution is -0.138. The Morgan fingerprint density at radius 1 is 1.05 bits per heavy atom. The van der Waals surface area contributed by atoms with Crippen molar-refractivity contribution >= 4 is 35.1 Å². The number of ether oxygens (including phenoxy) is 2. The van der Waals surface area contributed by atoms with Crippen LogP contribution in [0.4, 0.5) is 0 Å². The summed E-state index contributed by atoms with van der Waals surface area (Å²) in [7, 11) is 3.99. The number of carboxylic acids is 1. The molecule has 2 N–H and O–H groups in total. The summed E-state index contributed by atoms with van der Waals surface area (Å²) in [5.74, 6) is -0.454. The number of hydrogen-bond acceptors (Lipinski definition) is 7. The van der Waals surface area contributed by atoms with Crippen molar-refractivity contribution in [2.75, 3.05) is 33.9 Å². The number of aliphatic carboxylic acids is 1. The number of carbonyl (C=O) groups excluding carboxylic acids is 1. The quantitative estimate of drug-likeness (QED) is 0.175. The molecule has 9 nitrogen and oxygen atoms in total. The molecular weight excluding hydrogens is 591 g/mol. The van der Waals surface area contributed by atoms with Gasteiger partial charge in [0.1, 0.15) is 17.2 Å². The number of carboxylic acid groups (broad SMARTS) is 1. The predicted molar refractivity (Wildman–Crippen MR) is 170 cm³/mol. The van der Waals surface area contributed by atoms with Crippen molar-refractivity contribution in [2.24, 2.45) is 5.41 Å². The van der Waals surface area contributed by atoms with Crippen LogP contribution in [0.3, 0.4) is 0 Å². The van der Waals surface area contributed by atoms with Crippen molar-refractivity contribution in [1.29, 1.82) is 0 Å². The SMILES string of the molecule is CCOc1ccc(Cl)c(-c2ncc(C(=O)N[C@@H](CC(=O)O)C(C)(C)CC)nc2-c2ccc(Cl)c(OCCCN(C)C)c2)c1. The third kappa shape index (κ3) is 9.29. The molecule has 2 aromatic carbocycles. The van der Waals surface area contributed by atoms with Gasteiger partial charge in [-0.15, -0.1) is 0 Å². The van der Waals surface area contributed by atoms with E-state index in [0.717, 1.165) is 13.0 Å². The zero-order chi connectivity index (χ0) is 31.7. The molecular formula is C32H40Cl2N4O5. The largest absolute Gasteiger partial charge is 0.494 e. The molecule has 1 amide bonds. The maximum atomic E-state index is 13.5. The number of aromatic nitrogens is 2. The average molecular weight is 632 g/mol. The minimum atomic E-state index is -1.00. The monoisotopic (exact) mass is 630 g/mol. The molecule has 0 bridgehead atoms. The highest BCUT2D eigenvalue weighted by Gasteiger charge is 2.32. The van der Waals surface area contributed by atoms with Crippen LogP contribution in [-0.4, -0.2) is 71.7 Å². The number of halogens is 2. The summed E-state index contributed by atoms with van der Waals surface area (Å²) in [5, 5.41) is 13.2. The summed E-state index contributed by atoms with van der Waals surface area (Å²) in [4.78, 5) is 36.5. The zero-order valence-electron chi connectivity index (χ0n) is 25.5. The summed E-state index contributed by atoms with van der Waals surface area (Å²) >= 11 is 13.1. The molecule has 1 aromatic heterocycles. The molecule has 0 saturated heterocycles. The van der Waals surface area contributed by atoms with Gasteiger partial charge in [0, 0.05) is 23.7 Å². The van der Waals surface area contributed by atoms with E-state index in [4.69, 9.17) is 37.7 Å². The minimum absolute atomic E-state index is 0.0292. The Balaban J connectivity index is 2.11. The second kappa shape index (κ2) is 15.4. The summed E-state index contributed by atoms with van der Waals surface area (Å²) in [6, 6.07) is 9.89. The van der Waals surface area contributed by atoms with Crippen LogP contribution < -0.4 is 14.8 Å². The lowest BCUT2D eigenvalue weighted by atomic mass is 9.80. The van der Waals surface area contributed by atoms with Gasteiger partial charge < -0.3 is 24.8 Å². The third-order valence-electron chi connectivity index (χ3n) is 7.26. The molecule has 0 saturated carbocycles. The molecule has 232 valence electrons. The Hall–Kier alpha value is -3.40. The first-order valence-electron chi connectivity index (χ1n) is 14.3. The van der Waals surface area contributed by atoms with Gasteiger partial charge in [-0.05, 0) is 69.6 Å². The first-order chi connectivity index (χ1) is 20.4. The molecule has 0 aliphatic heterocycles. The summed E-state index contributed by atoms with van der Waals surface area (Å²) in [5.41, 5.74) is 1.55. The fourth-order valence-corrected chi connectivity index (χ4v) is 4.72. The Labute approximate surface area is 263 Å². The van der Waals surface area contributed by atoms with Crippen molar-refractivity contribution in [2.45, 2.75) is 53.0 Å². The van der Waals surface area contributed by atoms with E-state index in [2.05, 4.69) is 15.2 Å². The average Bonchev–Trinajstić information content (AvgIpc) is 2.96. The van der Waals surface area contributed by atoms with Crippen LogP contribution in [0, 0.1) is 5.41 Å². The van der Waals surface area contributed by atoms with Gasteiger partial charge in [-0.2, -0.15) is 0 Å². The van der Waals surface area contributed by atoms with Gasteiger partial charge in [-0.25, -0.2) is 4.98 Å². The van der Waals surface area contributed by atoms with Gasteiger partial charge in [0.25, 0.3) is 5.91 Å². The predicted octanol–water partition coefficient (Wildman–Crippen LogP) is 6.86. The number of amides is 1. The van der Waals surface area contributed by atoms with Crippen molar-refractivity contribution in [3.8, 4) is 34.0 Å². The first kappa shape index (κ1) is 34.1. The van der Waals surface area contributed by atoms with Gasteiger partial charge >= 0.3 is 5.97 Å². The Bertz CT molecular complexity index is 1430. The van der Waals surface area contributed by atoms with Gasteiger partial charge in [0.05, 0.1) is 47.3 Å². The van der Waals surface area contributed by atoms with Crippen molar-refractivity contribution < 1.29 is 24.2 Å². The molecule has 0 fully saturated rings. The number of nitrogens with zero attached hydrogens (tertiary/aromatic N) is 3. The maximum absolute atomic E-state index is 13.5. The molecule has 3 rings (SSSR count). The third-order valence-corrected chi connectivity index (χ3v) is 7.90. The molecule has 3 aromatic rings. The van der Waals surface area contributed by atoms with Crippen molar-refractivity contribution in [1.82, 2.24) is 20.2 Å². The van der Waals surface area contributed by atoms with E-state index in [1.165, 1.54) is 6.20 Å². The van der Waals surface area contributed by atoms with Crippen molar-refractivity contribution in [3.63, 3.8) is 0 Å². The van der Waals surface area contributed by atoms with Gasteiger partial charge in [-0.1, -0.05) is 50.0 Å². The minimum Gasteiger partial charge on any atom is -0.494 e. The first-order valence-corrected chi connectivity index (χ1v) is 15.0. The summed E-state index contributed by atoms with van der Waals surface area (Å²) in [6.07, 6.45) is 2.61. The van der Waals surface area contributed by atoms with Gasteiger partial charge in [0.15, 0.2) is 0 Å².